The molecule has 1 heterocycles. The SMILES string of the molecule is COC(=O)CCC(NCC(CC(C)C)NC(=O)OCc1ccccc1)C(=O)CSCc1ccco1. The molecular formula is C26H36N2O6S. The molecule has 2 N–H and O–H groups in total. The average Bonchev–Trinajstić information content (AvgIpc) is 3.36. The average molecular weight is 505 g/mol. The van der Waals surface area contributed by atoms with E-state index in [4.69, 9.17) is 13.9 Å². The van der Waals surface area contributed by atoms with Crippen LogP contribution in [0.5, 0.6) is 0 Å². The number of furan rings is 1. The number of methoxy groups -OCH3 is 1. The fourth-order valence-corrected chi connectivity index (χ4v) is 4.34. The molecule has 192 valence electrons. The van der Waals surface area contributed by atoms with E-state index in [1.165, 1.54) is 18.9 Å². The smallest absolute Gasteiger partial charge is 0.407 e. The molecule has 0 bridgehead atoms. The Bertz CT molecular complexity index is 889. The Labute approximate surface area is 211 Å². The number of hydrogen-bond acceptors (Lipinski definition) is 8. The number of Topliss-reactive ketones (excluding diaryl/α,β-unsaturated/α-hetero) is 1. The summed E-state index contributed by atoms with van der Waals surface area (Å²) in [4.78, 5) is 37.0. The summed E-state index contributed by atoms with van der Waals surface area (Å²) < 4.78 is 15.4. The van der Waals surface area contributed by atoms with Gasteiger partial charge < -0.3 is 24.5 Å². The normalized spacial score (nSPS) is 12.7. The van der Waals surface area contributed by atoms with E-state index >= 15 is 0 Å². The molecule has 9 heteroatoms. The number of ketones is 1. The number of benzene rings is 1. The predicted molar refractivity (Wildman–Crippen MR) is 136 cm³/mol. The lowest BCUT2D eigenvalue weighted by molar-refractivity contribution is -0.140. The van der Waals surface area contributed by atoms with Crippen molar-refractivity contribution in [1.29, 1.82) is 0 Å². The Balaban J connectivity index is 1.90. The number of amides is 1. The van der Waals surface area contributed by atoms with Gasteiger partial charge in [0.15, 0.2) is 5.78 Å². The van der Waals surface area contributed by atoms with E-state index in [1.54, 1.807) is 6.26 Å². The lowest BCUT2D eigenvalue weighted by Crippen LogP contribution is -2.48. The van der Waals surface area contributed by atoms with Crippen molar-refractivity contribution in [3.63, 3.8) is 0 Å². The summed E-state index contributed by atoms with van der Waals surface area (Å²) in [5.74, 6) is 1.62. The van der Waals surface area contributed by atoms with Crippen LogP contribution >= 0.6 is 11.8 Å². The maximum atomic E-state index is 12.9. The lowest BCUT2D eigenvalue weighted by atomic mass is 10.0. The van der Waals surface area contributed by atoms with Crippen LogP contribution in [-0.4, -0.2) is 49.3 Å². The molecule has 2 rings (SSSR count). The minimum Gasteiger partial charge on any atom is -0.469 e. The van der Waals surface area contributed by atoms with Gasteiger partial charge in [-0.25, -0.2) is 4.79 Å². The second kappa shape index (κ2) is 16.0. The van der Waals surface area contributed by atoms with Crippen molar-refractivity contribution in [2.75, 3.05) is 19.4 Å². The van der Waals surface area contributed by atoms with Crippen molar-refractivity contribution >= 4 is 29.6 Å². The zero-order valence-electron chi connectivity index (χ0n) is 20.7. The van der Waals surface area contributed by atoms with Crippen molar-refractivity contribution < 1.29 is 28.3 Å². The summed E-state index contributed by atoms with van der Waals surface area (Å²) in [5.41, 5.74) is 0.904. The molecule has 35 heavy (non-hydrogen) atoms. The fraction of sp³-hybridized carbons (Fsp3) is 0.500. The van der Waals surface area contributed by atoms with Gasteiger partial charge in [0.25, 0.3) is 0 Å². The first-order chi connectivity index (χ1) is 16.9. The van der Waals surface area contributed by atoms with Crippen molar-refractivity contribution in [1.82, 2.24) is 10.6 Å². The summed E-state index contributed by atoms with van der Waals surface area (Å²) in [7, 11) is 1.33. The quantitative estimate of drug-likeness (QED) is 0.325. The molecule has 0 saturated carbocycles. The summed E-state index contributed by atoms with van der Waals surface area (Å²) in [6.07, 6.45) is 2.25. The molecule has 2 atom stereocenters. The van der Waals surface area contributed by atoms with E-state index in [1.807, 2.05) is 42.5 Å². The number of thioether (sulfide) groups is 1. The zero-order valence-corrected chi connectivity index (χ0v) is 21.5. The molecule has 0 aliphatic carbocycles. The second-order valence-electron chi connectivity index (χ2n) is 8.65. The summed E-state index contributed by atoms with van der Waals surface area (Å²) in [6, 6.07) is 12.4. The van der Waals surface area contributed by atoms with E-state index in [0.717, 1.165) is 11.3 Å². The highest BCUT2D eigenvalue weighted by Crippen LogP contribution is 2.14. The third kappa shape index (κ3) is 12.0. The molecule has 0 aliphatic rings. The molecule has 8 nitrogen and oxygen atoms in total. The van der Waals surface area contributed by atoms with Crippen LogP contribution in [0.2, 0.25) is 0 Å². The monoisotopic (exact) mass is 504 g/mol. The maximum Gasteiger partial charge on any atom is 0.407 e. The minimum atomic E-state index is -0.532. The van der Waals surface area contributed by atoms with Gasteiger partial charge in [0.1, 0.15) is 12.4 Å². The van der Waals surface area contributed by atoms with Crippen molar-refractivity contribution in [3.05, 3.63) is 60.1 Å². The topological polar surface area (TPSA) is 107 Å². The minimum absolute atomic E-state index is 0.0135. The summed E-state index contributed by atoms with van der Waals surface area (Å²) in [5, 5.41) is 6.17. The molecule has 1 aromatic heterocycles. The molecule has 2 unspecified atom stereocenters. The van der Waals surface area contributed by atoms with Gasteiger partial charge >= 0.3 is 12.1 Å². The number of ether oxygens (including phenoxy) is 2. The first-order valence-electron chi connectivity index (χ1n) is 11.8. The van der Waals surface area contributed by atoms with E-state index in [9.17, 15) is 14.4 Å². The van der Waals surface area contributed by atoms with Crippen LogP contribution in [0.4, 0.5) is 4.79 Å². The molecule has 0 saturated heterocycles. The van der Waals surface area contributed by atoms with Gasteiger partial charge in [-0.05, 0) is 36.5 Å². The molecule has 1 aromatic carbocycles. The summed E-state index contributed by atoms with van der Waals surface area (Å²) in [6.45, 7) is 4.69. The van der Waals surface area contributed by atoms with Crippen molar-refractivity contribution in [2.45, 2.75) is 57.6 Å². The molecule has 0 fully saturated rings. The van der Waals surface area contributed by atoms with Gasteiger partial charge in [-0.1, -0.05) is 44.2 Å². The third-order valence-corrected chi connectivity index (χ3v) is 6.20. The van der Waals surface area contributed by atoms with E-state index in [0.29, 0.717) is 31.1 Å². The number of nitrogens with one attached hydrogen (secondary N) is 2. The van der Waals surface area contributed by atoms with Crippen molar-refractivity contribution in [2.24, 2.45) is 5.92 Å². The first kappa shape index (κ1) is 28.5. The third-order valence-electron chi connectivity index (χ3n) is 5.22. The number of carbonyl (C=O) groups is 3. The fourth-order valence-electron chi connectivity index (χ4n) is 3.47. The van der Waals surface area contributed by atoms with Gasteiger partial charge in [0, 0.05) is 19.0 Å². The van der Waals surface area contributed by atoms with Crippen LogP contribution in [-0.2, 0) is 31.4 Å². The van der Waals surface area contributed by atoms with E-state index < -0.39 is 12.1 Å². The van der Waals surface area contributed by atoms with Gasteiger partial charge in [0.2, 0.25) is 0 Å². The van der Waals surface area contributed by atoms with Gasteiger partial charge in [-0.15, -0.1) is 11.8 Å². The Morgan fingerprint density at radius 3 is 2.51 bits per heavy atom. The van der Waals surface area contributed by atoms with E-state index in [-0.39, 0.29) is 36.6 Å². The lowest BCUT2D eigenvalue weighted by Gasteiger charge is -2.24. The van der Waals surface area contributed by atoms with Crippen LogP contribution < -0.4 is 10.6 Å². The molecular weight excluding hydrogens is 468 g/mol. The standard InChI is InChI=1S/C26H36N2O6S/c1-19(2)14-21(28-26(31)34-16-20-8-5-4-6-9-20)15-27-23(11-12-25(30)32-3)24(29)18-35-17-22-10-7-13-33-22/h4-10,13,19,21,23,27H,11-12,14-18H2,1-3H3,(H,28,31). The Kier molecular flexibility index (Phi) is 13.0. The van der Waals surface area contributed by atoms with Crippen LogP contribution in [0.15, 0.2) is 53.1 Å². The zero-order chi connectivity index (χ0) is 25.5. The molecule has 2 aromatic rings. The highest BCUT2D eigenvalue weighted by molar-refractivity contribution is 7.99. The highest BCUT2D eigenvalue weighted by Gasteiger charge is 2.22. The number of carbonyl (C=O) groups excluding carboxylic acids is 3. The van der Waals surface area contributed by atoms with Crippen LogP contribution in [0.25, 0.3) is 0 Å². The Hall–Kier alpha value is -2.78. The van der Waals surface area contributed by atoms with Gasteiger partial charge in [0.05, 0.1) is 30.9 Å². The molecule has 1 amide bonds. The number of esters is 1. The van der Waals surface area contributed by atoms with Gasteiger partial charge in [-0.2, -0.15) is 0 Å². The number of rotatable bonds is 16. The second-order valence-corrected chi connectivity index (χ2v) is 9.63. The number of hydrogen-bond donors (Lipinski definition) is 2. The van der Waals surface area contributed by atoms with Crippen LogP contribution in [0, 0.1) is 5.92 Å². The molecule has 0 aliphatic heterocycles. The number of alkyl carbamates (subject to hydrolysis) is 1. The molecule has 0 radical (unpaired) electrons. The van der Waals surface area contributed by atoms with Crippen LogP contribution in [0.3, 0.4) is 0 Å². The Morgan fingerprint density at radius 2 is 1.86 bits per heavy atom. The largest absolute Gasteiger partial charge is 0.469 e. The van der Waals surface area contributed by atoms with Crippen molar-refractivity contribution in [3.8, 4) is 0 Å². The first-order valence-corrected chi connectivity index (χ1v) is 12.9. The van der Waals surface area contributed by atoms with Gasteiger partial charge in [-0.3, -0.25) is 9.59 Å². The van der Waals surface area contributed by atoms with Crippen LogP contribution in [0.1, 0.15) is 44.4 Å². The summed E-state index contributed by atoms with van der Waals surface area (Å²) >= 11 is 1.46. The molecule has 0 spiro atoms. The highest BCUT2D eigenvalue weighted by atomic mass is 32.2. The predicted octanol–water partition coefficient (Wildman–Crippen LogP) is 4.33. The maximum absolute atomic E-state index is 12.9. The Morgan fingerprint density at radius 1 is 1.09 bits per heavy atom. The van der Waals surface area contributed by atoms with E-state index in [2.05, 4.69) is 24.5 Å².